The van der Waals surface area contributed by atoms with Crippen LogP contribution >= 0.6 is 22.7 Å². The van der Waals surface area contributed by atoms with Gasteiger partial charge in [0.15, 0.2) is 0 Å². The first-order valence-electron chi connectivity index (χ1n) is 4.44. The Hall–Kier alpha value is -1.66. The van der Waals surface area contributed by atoms with Gasteiger partial charge in [-0.25, -0.2) is 0 Å². The molecular formula is C10H8N2O2S2. The summed E-state index contributed by atoms with van der Waals surface area (Å²) in [4.78, 5) is 23.5. The molecule has 4 nitrogen and oxygen atoms in total. The standard InChI is InChI=1S/C10H8N2O2S2/c13-9(7-3-5-15-6-7)11-12-10(14)8-2-1-4-16-8/h1-6H,(H,11,13)(H,12,14). The van der Waals surface area contributed by atoms with Crippen LogP contribution in [-0.2, 0) is 0 Å². The van der Waals surface area contributed by atoms with E-state index in [1.807, 2.05) is 0 Å². The zero-order valence-corrected chi connectivity index (χ0v) is 9.73. The van der Waals surface area contributed by atoms with Gasteiger partial charge in [0.1, 0.15) is 0 Å². The third-order valence-corrected chi connectivity index (χ3v) is 3.37. The summed E-state index contributed by atoms with van der Waals surface area (Å²) >= 11 is 2.75. The number of hydrogen-bond acceptors (Lipinski definition) is 4. The van der Waals surface area contributed by atoms with Crippen LogP contribution in [0.1, 0.15) is 20.0 Å². The molecule has 0 unspecified atom stereocenters. The Kier molecular flexibility index (Phi) is 3.33. The van der Waals surface area contributed by atoms with Crippen LogP contribution in [0.5, 0.6) is 0 Å². The van der Waals surface area contributed by atoms with E-state index in [1.54, 1.807) is 34.3 Å². The highest BCUT2D eigenvalue weighted by molar-refractivity contribution is 7.12. The lowest BCUT2D eigenvalue weighted by molar-refractivity contribution is 0.0849. The highest BCUT2D eigenvalue weighted by Gasteiger charge is 2.09. The minimum atomic E-state index is -0.314. The normalized spacial score (nSPS) is 9.75. The minimum absolute atomic E-state index is 0.307. The van der Waals surface area contributed by atoms with Gasteiger partial charge in [0.05, 0.1) is 10.4 Å². The zero-order valence-electron chi connectivity index (χ0n) is 8.10. The Labute approximate surface area is 99.9 Å². The van der Waals surface area contributed by atoms with Crippen LogP contribution in [0, 0.1) is 0 Å². The second-order valence-corrected chi connectivity index (χ2v) is 4.63. The van der Waals surface area contributed by atoms with Gasteiger partial charge in [0.2, 0.25) is 0 Å². The number of nitrogens with one attached hydrogen (secondary N) is 2. The Morgan fingerprint density at radius 2 is 1.88 bits per heavy atom. The first kappa shape index (κ1) is 10.8. The number of carbonyl (C=O) groups is 2. The molecule has 0 aliphatic rings. The van der Waals surface area contributed by atoms with E-state index in [4.69, 9.17) is 0 Å². The van der Waals surface area contributed by atoms with Crippen LogP contribution < -0.4 is 10.9 Å². The summed E-state index contributed by atoms with van der Waals surface area (Å²) in [5.41, 5.74) is 5.24. The SMILES string of the molecule is O=C(NNC(=O)c1cccs1)c1ccsc1. The van der Waals surface area contributed by atoms with Gasteiger partial charge >= 0.3 is 0 Å². The van der Waals surface area contributed by atoms with Gasteiger partial charge in [-0.15, -0.1) is 11.3 Å². The van der Waals surface area contributed by atoms with E-state index in [0.29, 0.717) is 10.4 Å². The first-order valence-corrected chi connectivity index (χ1v) is 6.26. The van der Waals surface area contributed by atoms with Crippen molar-refractivity contribution in [3.8, 4) is 0 Å². The predicted octanol–water partition coefficient (Wildman–Crippen LogP) is 1.88. The second-order valence-electron chi connectivity index (χ2n) is 2.90. The van der Waals surface area contributed by atoms with Crippen LogP contribution in [0.2, 0.25) is 0 Å². The Bertz CT molecular complexity index is 431. The predicted molar refractivity (Wildman–Crippen MR) is 63.6 cm³/mol. The fourth-order valence-electron chi connectivity index (χ4n) is 1.05. The summed E-state index contributed by atoms with van der Waals surface area (Å²) in [6.45, 7) is 0. The average molecular weight is 252 g/mol. The minimum Gasteiger partial charge on any atom is -0.267 e. The number of hydrazine groups is 1. The molecule has 2 aromatic heterocycles. The molecule has 6 heteroatoms. The number of rotatable bonds is 2. The molecular weight excluding hydrogens is 244 g/mol. The van der Waals surface area contributed by atoms with E-state index in [2.05, 4.69) is 10.9 Å². The van der Waals surface area contributed by atoms with E-state index >= 15 is 0 Å². The van der Waals surface area contributed by atoms with Crippen molar-refractivity contribution in [3.63, 3.8) is 0 Å². The summed E-state index contributed by atoms with van der Waals surface area (Å²) in [5.74, 6) is -0.621. The van der Waals surface area contributed by atoms with Crippen LogP contribution in [0.15, 0.2) is 34.3 Å². The van der Waals surface area contributed by atoms with Crippen molar-refractivity contribution in [1.82, 2.24) is 10.9 Å². The van der Waals surface area contributed by atoms with E-state index in [1.165, 1.54) is 22.7 Å². The summed E-state index contributed by atoms with van der Waals surface area (Å²) < 4.78 is 0. The molecule has 0 spiro atoms. The van der Waals surface area contributed by atoms with Crippen molar-refractivity contribution in [1.29, 1.82) is 0 Å². The third kappa shape index (κ3) is 2.47. The Morgan fingerprint density at radius 1 is 1.06 bits per heavy atom. The molecule has 0 atom stereocenters. The van der Waals surface area contributed by atoms with Gasteiger partial charge in [-0.2, -0.15) is 11.3 Å². The quantitative estimate of drug-likeness (QED) is 0.802. The zero-order chi connectivity index (χ0) is 11.4. The molecule has 2 aromatic rings. The number of amides is 2. The third-order valence-electron chi connectivity index (χ3n) is 1.82. The second kappa shape index (κ2) is 4.91. The van der Waals surface area contributed by atoms with Gasteiger partial charge in [0.25, 0.3) is 11.8 Å². The smallest absolute Gasteiger partial charge is 0.267 e. The lowest BCUT2D eigenvalue weighted by Gasteiger charge is -2.04. The molecule has 2 N–H and O–H groups in total. The van der Waals surface area contributed by atoms with Crippen LogP contribution in [0.4, 0.5) is 0 Å². The van der Waals surface area contributed by atoms with Crippen molar-refractivity contribution in [2.45, 2.75) is 0 Å². The van der Waals surface area contributed by atoms with Gasteiger partial charge < -0.3 is 0 Å². The fraction of sp³-hybridized carbons (Fsp3) is 0. The number of thiophene rings is 2. The Morgan fingerprint density at radius 3 is 2.50 bits per heavy atom. The summed E-state index contributed by atoms with van der Waals surface area (Å²) in [6.07, 6.45) is 0. The molecule has 0 aliphatic carbocycles. The van der Waals surface area contributed by atoms with E-state index in [9.17, 15) is 9.59 Å². The summed E-state index contributed by atoms with van der Waals surface area (Å²) in [7, 11) is 0. The summed E-state index contributed by atoms with van der Waals surface area (Å²) in [5, 5.41) is 5.32. The van der Waals surface area contributed by atoms with Crippen molar-refractivity contribution in [3.05, 3.63) is 44.8 Å². The maximum atomic E-state index is 11.5. The number of hydrogen-bond donors (Lipinski definition) is 2. The molecule has 0 saturated carbocycles. The largest absolute Gasteiger partial charge is 0.279 e. The van der Waals surface area contributed by atoms with Crippen molar-refractivity contribution in [2.75, 3.05) is 0 Å². The van der Waals surface area contributed by atoms with Gasteiger partial charge in [-0.1, -0.05) is 6.07 Å². The van der Waals surface area contributed by atoms with Gasteiger partial charge in [-0.05, 0) is 22.9 Å². The monoisotopic (exact) mass is 252 g/mol. The lowest BCUT2D eigenvalue weighted by atomic mass is 10.3. The maximum absolute atomic E-state index is 11.5. The van der Waals surface area contributed by atoms with Gasteiger partial charge in [-0.3, -0.25) is 20.4 Å². The molecule has 0 aliphatic heterocycles. The van der Waals surface area contributed by atoms with Crippen molar-refractivity contribution in [2.24, 2.45) is 0 Å². The molecule has 0 aromatic carbocycles. The van der Waals surface area contributed by atoms with Crippen molar-refractivity contribution >= 4 is 34.5 Å². The molecule has 0 fully saturated rings. The highest BCUT2D eigenvalue weighted by atomic mass is 32.1. The van der Waals surface area contributed by atoms with E-state index in [-0.39, 0.29) is 11.8 Å². The topological polar surface area (TPSA) is 58.2 Å². The van der Waals surface area contributed by atoms with Crippen LogP contribution in [-0.4, -0.2) is 11.8 Å². The maximum Gasteiger partial charge on any atom is 0.279 e. The van der Waals surface area contributed by atoms with Crippen LogP contribution in [0.3, 0.4) is 0 Å². The first-order chi connectivity index (χ1) is 7.77. The average Bonchev–Trinajstić information content (AvgIpc) is 2.95. The van der Waals surface area contributed by atoms with Crippen LogP contribution in [0.25, 0.3) is 0 Å². The molecule has 2 rings (SSSR count). The molecule has 82 valence electrons. The number of carbonyl (C=O) groups excluding carboxylic acids is 2. The van der Waals surface area contributed by atoms with E-state index in [0.717, 1.165) is 0 Å². The molecule has 16 heavy (non-hydrogen) atoms. The van der Waals surface area contributed by atoms with Crippen molar-refractivity contribution < 1.29 is 9.59 Å². The van der Waals surface area contributed by atoms with E-state index < -0.39 is 0 Å². The Balaban J connectivity index is 1.89. The van der Waals surface area contributed by atoms with Gasteiger partial charge in [0, 0.05) is 5.38 Å². The fourth-order valence-corrected chi connectivity index (χ4v) is 2.30. The highest BCUT2D eigenvalue weighted by Crippen LogP contribution is 2.07. The lowest BCUT2D eigenvalue weighted by Crippen LogP contribution is -2.41. The molecule has 0 bridgehead atoms. The molecule has 0 saturated heterocycles. The molecule has 2 heterocycles. The molecule has 0 radical (unpaired) electrons. The molecule has 2 amide bonds. The summed E-state index contributed by atoms with van der Waals surface area (Å²) in [6, 6.07) is 5.16.